The second kappa shape index (κ2) is 7.85. The minimum Gasteiger partial charge on any atom is -0.265 e. The maximum Gasteiger partial charge on any atom is 0.223 e. The molecule has 0 bridgehead atoms. The zero-order chi connectivity index (χ0) is 22.4. The highest BCUT2D eigenvalue weighted by molar-refractivity contribution is 7.92. The predicted octanol–water partition coefficient (Wildman–Crippen LogP) is 3.40. The van der Waals surface area contributed by atoms with E-state index in [1.807, 2.05) is 26.0 Å². The maximum absolute atomic E-state index is 13.5. The SMILES string of the molecule is Cc1cc2c(c(C)c1C)C(S(=O)(=O)NCCc1ccncc1)c1ccccc1S2(=O)=O. The number of nitrogens with zero attached hydrogens (tertiary/aromatic N) is 1. The van der Waals surface area contributed by atoms with E-state index in [1.165, 1.54) is 6.07 Å². The first-order valence-corrected chi connectivity index (χ1v) is 13.0. The first-order valence-electron chi connectivity index (χ1n) is 9.96. The molecule has 2 aromatic carbocycles. The summed E-state index contributed by atoms with van der Waals surface area (Å²) in [4.78, 5) is 4.10. The molecule has 0 saturated carbocycles. The summed E-state index contributed by atoms with van der Waals surface area (Å²) in [5.74, 6) is 0. The Balaban J connectivity index is 1.83. The topological polar surface area (TPSA) is 93.2 Å². The molecule has 4 rings (SSSR count). The first kappa shape index (κ1) is 21.7. The van der Waals surface area contributed by atoms with Gasteiger partial charge in [-0.2, -0.15) is 0 Å². The molecule has 31 heavy (non-hydrogen) atoms. The van der Waals surface area contributed by atoms with E-state index in [4.69, 9.17) is 0 Å². The van der Waals surface area contributed by atoms with Crippen LogP contribution in [0.2, 0.25) is 0 Å². The van der Waals surface area contributed by atoms with Crippen molar-refractivity contribution in [2.45, 2.75) is 42.2 Å². The molecule has 162 valence electrons. The van der Waals surface area contributed by atoms with Gasteiger partial charge in [0.25, 0.3) is 0 Å². The molecule has 0 saturated heterocycles. The lowest BCUT2D eigenvalue weighted by Gasteiger charge is -2.30. The lowest BCUT2D eigenvalue weighted by atomic mass is 9.93. The fraction of sp³-hybridized carbons (Fsp3) is 0.261. The Bertz CT molecular complexity index is 1370. The molecule has 6 nitrogen and oxygen atoms in total. The van der Waals surface area contributed by atoms with Crippen LogP contribution in [0.5, 0.6) is 0 Å². The number of aromatic nitrogens is 1. The Morgan fingerprint density at radius 2 is 1.65 bits per heavy atom. The number of fused-ring (bicyclic) bond motifs is 2. The van der Waals surface area contributed by atoms with Crippen molar-refractivity contribution in [2.75, 3.05) is 6.54 Å². The number of pyridine rings is 1. The Kier molecular flexibility index (Phi) is 5.49. The average Bonchev–Trinajstić information content (AvgIpc) is 2.74. The summed E-state index contributed by atoms with van der Waals surface area (Å²) in [6, 6.07) is 11.6. The van der Waals surface area contributed by atoms with Crippen LogP contribution in [0.3, 0.4) is 0 Å². The Hall–Kier alpha value is -2.55. The van der Waals surface area contributed by atoms with Crippen molar-refractivity contribution in [3.8, 4) is 0 Å². The molecule has 0 spiro atoms. The molecule has 2 heterocycles. The summed E-state index contributed by atoms with van der Waals surface area (Å²) in [6.07, 6.45) is 3.83. The summed E-state index contributed by atoms with van der Waals surface area (Å²) >= 11 is 0. The van der Waals surface area contributed by atoms with Crippen LogP contribution in [0.25, 0.3) is 0 Å². The van der Waals surface area contributed by atoms with Gasteiger partial charge in [-0.15, -0.1) is 0 Å². The molecule has 1 aliphatic heterocycles. The van der Waals surface area contributed by atoms with Gasteiger partial charge in [0.1, 0.15) is 5.25 Å². The van der Waals surface area contributed by atoms with Gasteiger partial charge in [0.05, 0.1) is 9.79 Å². The minimum atomic E-state index is -3.91. The summed E-state index contributed by atoms with van der Waals surface area (Å²) < 4.78 is 56.5. The van der Waals surface area contributed by atoms with Gasteiger partial charge in [0, 0.05) is 18.9 Å². The maximum atomic E-state index is 13.5. The number of nitrogens with one attached hydrogen (secondary N) is 1. The molecular weight excluding hydrogens is 432 g/mol. The molecule has 3 aromatic rings. The van der Waals surface area contributed by atoms with Gasteiger partial charge in [-0.05, 0) is 84.8 Å². The monoisotopic (exact) mass is 456 g/mol. The van der Waals surface area contributed by atoms with Gasteiger partial charge < -0.3 is 0 Å². The normalized spacial score (nSPS) is 17.1. The van der Waals surface area contributed by atoms with Crippen molar-refractivity contribution < 1.29 is 16.8 Å². The molecule has 0 amide bonds. The van der Waals surface area contributed by atoms with E-state index < -0.39 is 25.1 Å². The van der Waals surface area contributed by atoms with E-state index >= 15 is 0 Å². The number of hydrogen-bond donors (Lipinski definition) is 1. The van der Waals surface area contributed by atoms with E-state index in [0.717, 1.165) is 16.7 Å². The van der Waals surface area contributed by atoms with Crippen LogP contribution in [0.1, 0.15) is 38.6 Å². The Labute approximate surface area is 183 Å². The molecule has 1 atom stereocenters. The van der Waals surface area contributed by atoms with Crippen LogP contribution >= 0.6 is 0 Å². The van der Waals surface area contributed by atoms with Crippen LogP contribution in [0, 0.1) is 20.8 Å². The van der Waals surface area contributed by atoms with E-state index in [2.05, 4.69) is 9.71 Å². The summed E-state index contributed by atoms with van der Waals surface area (Å²) in [5, 5.41) is -1.10. The van der Waals surface area contributed by atoms with Crippen molar-refractivity contribution in [1.29, 1.82) is 0 Å². The van der Waals surface area contributed by atoms with Crippen LogP contribution < -0.4 is 4.72 Å². The van der Waals surface area contributed by atoms with Crippen molar-refractivity contribution >= 4 is 19.9 Å². The molecule has 0 fully saturated rings. The van der Waals surface area contributed by atoms with Gasteiger partial charge in [0.2, 0.25) is 19.9 Å². The number of rotatable bonds is 5. The van der Waals surface area contributed by atoms with Gasteiger partial charge in [-0.3, -0.25) is 4.98 Å². The van der Waals surface area contributed by atoms with E-state index in [9.17, 15) is 16.8 Å². The van der Waals surface area contributed by atoms with Gasteiger partial charge in [-0.1, -0.05) is 18.2 Å². The van der Waals surface area contributed by atoms with Gasteiger partial charge >= 0.3 is 0 Å². The average molecular weight is 457 g/mol. The Morgan fingerprint density at radius 3 is 2.35 bits per heavy atom. The number of hydrogen-bond acceptors (Lipinski definition) is 5. The lowest BCUT2D eigenvalue weighted by Crippen LogP contribution is -2.35. The second-order valence-corrected chi connectivity index (χ2v) is 11.6. The molecule has 1 unspecified atom stereocenters. The van der Waals surface area contributed by atoms with Crippen molar-refractivity contribution in [1.82, 2.24) is 9.71 Å². The Morgan fingerprint density at radius 1 is 0.968 bits per heavy atom. The molecule has 0 aliphatic carbocycles. The quantitative estimate of drug-likeness (QED) is 0.635. The predicted molar refractivity (Wildman–Crippen MR) is 119 cm³/mol. The fourth-order valence-corrected chi connectivity index (χ4v) is 7.86. The van der Waals surface area contributed by atoms with E-state index in [-0.39, 0.29) is 21.9 Å². The highest BCUT2D eigenvalue weighted by Crippen LogP contribution is 2.46. The second-order valence-electron chi connectivity index (χ2n) is 7.82. The van der Waals surface area contributed by atoms with Crippen LogP contribution in [0.15, 0.2) is 64.6 Å². The summed E-state index contributed by atoms with van der Waals surface area (Å²) in [5.41, 5.74) is 4.01. The van der Waals surface area contributed by atoms with Crippen LogP contribution in [0.4, 0.5) is 0 Å². The third-order valence-electron chi connectivity index (χ3n) is 5.99. The van der Waals surface area contributed by atoms with Crippen LogP contribution in [-0.4, -0.2) is 28.4 Å². The van der Waals surface area contributed by atoms with Gasteiger partial charge in [-0.25, -0.2) is 21.6 Å². The number of sulfonamides is 1. The highest BCUT2D eigenvalue weighted by Gasteiger charge is 2.43. The van der Waals surface area contributed by atoms with Crippen LogP contribution in [-0.2, 0) is 26.3 Å². The highest BCUT2D eigenvalue weighted by atomic mass is 32.2. The van der Waals surface area contributed by atoms with E-state index in [1.54, 1.807) is 43.6 Å². The molecule has 1 aliphatic rings. The number of aryl methyl sites for hydroxylation is 1. The van der Waals surface area contributed by atoms with Crippen molar-refractivity contribution in [3.63, 3.8) is 0 Å². The molecule has 0 radical (unpaired) electrons. The summed E-state index contributed by atoms with van der Waals surface area (Å²) in [6.45, 7) is 5.73. The smallest absolute Gasteiger partial charge is 0.223 e. The zero-order valence-corrected chi connectivity index (χ0v) is 19.2. The summed E-state index contributed by atoms with van der Waals surface area (Å²) in [7, 11) is -7.73. The van der Waals surface area contributed by atoms with Crippen molar-refractivity contribution in [2.24, 2.45) is 0 Å². The van der Waals surface area contributed by atoms with Crippen molar-refractivity contribution in [3.05, 3.63) is 88.2 Å². The number of sulfone groups is 1. The molecular formula is C23H24N2O4S2. The minimum absolute atomic E-state index is 0.0506. The molecule has 1 N–H and O–H groups in total. The lowest BCUT2D eigenvalue weighted by molar-refractivity contribution is 0.568. The third kappa shape index (κ3) is 3.69. The van der Waals surface area contributed by atoms with E-state index in [0.29, 0.717) is 17.5 Å². The standard InChI is InChI=1S/C23H24N2O4S2/c1-15-14-21-22(17(3)16(15)2)23(19-6-4-5-7-20(19)30(21,26)27)31(28,29)25-13-10-18-8-11-24-12-9-18/h4-9,11-12,14,23,25H,10,13H2,1-3H3. The third-order valence-corrected chi connectivity index (χ3v) is 9.57. The largest absolute Gasteiger partial charge is 0.265 e. The molecule has 8 heteroatoms. The molecule has 1 aromatic heterocycles. The number of benzene rings is 2. The zero-order valence-electron chi connectivity index (χ0n) is 17.6. The fourth-order valence-electron chi connectivity index (χ4n) is 4.12. The van der Waals surface area contributed by atoms with Gasteiger partial charge in [0.15, 0.2) is 0 Å². The first-order chi connectivity index (χ1) is 14.6.